The van der Waals surface area contributed by atoms with Crippen LogP contribution in [0.3, 0.4) is 0 Å². The Kier molecular flexibility index (Phi) is 4.49. The van der Waals surface area contributed by atoms with Gasteiger partial charge in [-0.2, -0.15) is 0 Å². The van der Waals surface area contributed by atoms with Gasteiger partial charge in [-0.15, -0.1) is 0 Å². The van der Waals surface area contributed by atoms with Crippen LogP contribution in [0.5, 0.6) is 0 Å². The molecular formula is C16H19ClN2O3. The van der Waals surface area contributed by atoms with Crippen LogP contribution in [0.2, 0.25) is 5.02 Å². The van der Waals surface area contributed by atoms with E-state index in [1.807, 2.05) is 31.2 Å². The van der Waals surface area contributed by atoms with E-state index in [9.17, 15) is 5.11 Å². The van der Waals surface area contributed by atoms with Gasteiger partial charge in [-0.1, -0.05) is 17.7 Å². The highest BCUT2D eigenvalue weighted by Crippen LogP contribution is 2.25. The molecule has 1 fully saturated rings. The summed E-state index contributed by atoms with van der Waals surface area (Å²) in [6, 6.07) is 7.42. The van der Waals surface area contributed by atoms with E-state index >= 15 is 0 Å². The molecule has 1 unspecified atom stereocenters. The number of aliphatic hydroxyl groups is 1. The summed E-state index contributed by atoms with van der Waals surface area (Å²) in [6.45, 7) is 4.59. The van der Waals surface area contributed by atoms with E-state index < -0.39 is 0 Å². The molecule has 1 N–H and O–H groups in total. The molecule has 0 spiro atoms. The van der Waals surface area contributed by atoms with Crippen molar-refractivity contribution in [3.63, 3.8) is 0 Å². The molecule has 118 valence electrons. The Bertz CT molecular complexity index is 646. The lowest BCUT2D eigenvalue weighted by Gasteiger charge is -2.42. The Morgan fingerprint density at radius 3 is 3.09 bits per heavy atom. The number of nitrogens with zero attached hydrogens (tertiary/aromatic N) is 2. The van der Waals surface area contributed by atoms with Crippen molar-refractivity contribution in [2.45, 2.75) is 19.0 Å². The molecule has 1 atom stereocenters. The Morgan fingerprint density at radius 1 is 1.45 bits per heavy atom. The third kappa shape index (κ3) is 3.17. The van der Waals surface area contributed by atoms with Crippen molar-refractivity contribution < 1.29 is 14.3 Å². The minimum atomic E-state index is -0.382. The van der Waals surface area contributed by atoms with Gasteiger partial charge in [-0.05, 0) is 25.1 Å². The first-order valence-electron chi connectivity index (χ1n) is 7.25. The Morgan fingerprint density at radius 2 is 2.32 bits per heavy atom. The van der Waals surface area contributed by atoms with Crippen LogP contribution < -0.4 is 0 Å². The normalized spacial score (nSPS) is 22.9. The molecule has 0 saturated carbocycles. The van der Waals surface area contributed by atoms with Crippen molar-refractivity contribution in [2.75, 3.05) is 26.4 Å². The Hall–Kier alpha value is -1.40. The molecule has 1 aromatic carbocycles. The lowest BCUT2D eigenvalue weighted by Crippen LogP contribution is -2.56. The summed E-state index contributed by atoms with van der Waals surface area (Å²) >= 11 is 5.99. The summed E-state index contributed by atoms with van der Waals surface area (Å²) in [6.07, 6.45) is 1.66. The first kappa shape index (κ1) is 15.5. The Balaban J connectivity index is 1.76. The van der Waals surface area contributed by atoms with Crippen LogP contribution in [0.25, 0.3) is 11.5 Å². The van der Waals surface area contributed by atoms with Gasteiger partial charge in [0, 0.05) is 23.7 Å². The molecule has 0 radical (unpaired) electrons. The average Bonchev–Trinajstić information content (AvgIpc) is 2.98. The van der Waals surface area contributed by atoms with Gasteiger partial charge >= 0.3 is 0 Å². The standard InChI is InChI=1S/C16H19ClN2O3/c1-16(10-20)11-21-6-5-19(16)8-14-9-22-15(18-14)12-3-2-4-13(17)7-12/h2-4,7,9,20H,5-6,8,10-11H2,1H3. The van der Waals surface area contributed by atoms with E-state index in [0.29, 0.717) is 30.7 Å². The zero-order valence-electron chi connectivity index (χ0n) is 12.5. The van der Waals surface area contributed by atoms with Gasteiger partial charge in [-0.25, -0.2) is 4.98 Å². The molecule has 1 saturated heterocycles. The van der Waals surface area contributed by atoms with Gasteiger partial charge in [0.25, 0.3) is 0 Å². The summed E-state index contributed by atoms with van der Waals surface area (Å²) in [5.41, 5.74) is 1.30. The van der Waals surface area contributed by atoms with E-state index in [2.05, 4.69) is 9.88 Å². The molecule has 2 aromatic rings. The van der Waals surface area contributed by atoms with Crippen molar-refractivity contribution >= 4 is 11.6 Å². The smallest absolute Gasteiger partial charge is 0.226 e. The molecule has 5 nitrogen and oxygen atoms in total. The van der Waals surface area contributed by atoms with Crippen LogP contribution in [0, 0.1) is 0 Å². The van der Waals surface area contributed by atoms with Crippen LogP contribution in [-0.4, -0.2) is 46.9 Å². The van der Waals surface area contributed by atoms with Gasteiger partial charge in [-0.3, -0.25) is 4.90 Å². The maximum absolute atomic E-state index is 9.63. The highest BCUT2D eigenvalue weighted by atomic mass is 35.5. The fraction of sp³-hybridized carbons (Fsp3) is 0.438. The second kappa shape index (κ2) is 6.38. The predicted octanol–water partition coefficient (Wildman–Crippen LogP) is 2.58. The van der Waals surface area contributed by atoms with E-state index in [1.165, 1.54) is 0 Å². The molecule has 6 heteroatoms. The number of hydrogen-bond donors (Lipinski definition) is 1. The fourth-order valence-corrected chi connectivity index (χ4v) is 2.76. The summed E-state index contributed by atoms with van der Waals surface area (Å²) in [5.74, 6) is 0.552. The second-order valence-electron chi connectivity index (χ2n) is 5.78. The second-order valence-corrected chi connectivity index (χ2v) is 6.22. The number of oxazole rings is 1. The van der Waals surface area contributed by atoms with Gasteiger partial charge in [0.2, 0.25) is 5.89 Å². The molecule has 3 rings (SSSR count). The molecule has 1 aliphatic heterocycles. The minimum Gasteiger partial charge on any atom is -0.444 e. The highest BCUT2D eigenvalue weighted by molar-refractivity contribution is 6.30. The molecule has 1 aliphatic rings. The van der Waals surface area contributed by atoms with E-state index in [0.717, 1.165) is 17.8 Å². The van der Waals surface area contributed by atoms with Crippen molar-refractivity contribution in [2.24, 2.45) is 0 Å². The number of ether oxygens (including phenoxy) is 1. The van der Waals surface area contributed by atoms with Crippen LogP contribution >= 0.6 is 11.6 Å². The number of aromatic nitrogens is 1. The van der Waals surface area contributed by atoms with Crippen LogP contribution in [0.4, 0.5) is 0 Å². The fourth-order valence-electron chi connectivity index (χ4n) is 2.57. The van der Waals surface area contributed by atoms with Gasteiger partial charge in [0.1, 0.15) is 6.26 Å². The van der Waals surface area contributed by atoms with Crippen molar-refractivity contribution in [1.82, 2.24) is 9.88 Å². The summed E-state index contributed by atoms with van der Waals surface area (Å²) in [4.78, 5) is 6.70. The first-order valence-corrected chi connectivity index (χ1v) is 7.62. The number of morpholine rings is 1. The third-order valence-electron chi connectivity index (χ3n) is 4.00. The lowest BCUT2D eigenvalue weighted by molar-refractivity contribution is -0.0867. The number of rotatable bonds is 4. The summed E-state index contributed by atoms with van der Waals surface area (Å²) < 4.78 is 11.0. The first-order chi connectivity index (χ1) is 10.6. The van der Waals surface area contributed by atoms with Gasteiger partial charge in [0.15, 0.2) is 0 Å². The van der Waals surface area contributed by atoms with E-state index in [-0.39, 0.29) is 12.1 Å². The van der Waals surface area contributed by atoms with Crippen molar-refractivity contribution in [1.29, 1.82) is 0 Å². The van der Waals surface area contributed by atoms with Crippen LogP contribution in [0.15, 0.2) is 34.9 Å². The molecule has 2 heterocycles. The van der Waals surface area contributed by atoms with E-state index in [4.69, 9.17) is 20.8 Å². The highest BCUT2D eigenvalue weighted by Gasteiger charge is 2.35. The zero-order valence-corrected chi connectivity index (χ0v) is 13.2. The molecule has 0 amide bonds. The number of hydrogen-bond acceptors (Lipinski definition) is 5. The topological polar surface area (TPSA) is 58.7 Å². The molecule has 0 bridgehead atoms. The maximum Gasteiger partial charge on any atom is 0.226 e. The predicted molar refractivity (Wildman–Crippen MR) is 83.7 cm³/mol. The van der Waals surface area contributed by atoms with Crippen LogP contribution in [-0.2, 0) is 11.3 Å². The van der Waals surface area contributed by atoms with E-state index in [1.54, 1.807) is 6.26 Å². The molecule has 22 heavy (non-hydrogen) atoms. The molecule has 0 aliphatic carbocycles. The summed E-state index contributed by atoms with van der Waals surface area (Å²) in [5, 5.41) is 10.3. The average molecular weight is 323 g/mol. The number of halogens is 1. The number of benzene rings is 1. The monoisotopic (exact) mass is 322 g/mol. The maximum atomic E-state index is 9.63. The molecule has 1 aromatic heterocycles. The summed E-state index contributed by atoms with van der Waals surface area (Å²) in [7, 11) is 0. The SMILES string of the molecule is CC1(CO)COCCN1Cc1coc(-c2cccc(Cl)c2)n1. The van der Waals surface area contributed by atoms with Crippen molar-refractivity contribution in [3.8, 4) is 11.5 Å². The largest absolute Gasteiger partial charge is 0.444 e. The third-order valence-corrected chi connectivity index (χ3v) is 4.23. The quantitative estimate of drug-likeness (QED) is 0.937. The van der Waals surface area contributed by atoms with Crippen molar-refractivity contribution in [3.05, 3.63) is 41.2 Å². The number of aliphatic hydroxyl groups excluding tert-OH is 1. The molecular weight excluding hydrogens is 304 g/mol. The van der Waals surface area contributed by atoms with Gasteiger partial charge in [0.05, 0.1) is 31.1 Å². The lowest BCUT2D eigenvalue weighted by atomic mass is 10.0. The Labute approximate surface area is 134 Å². The van der Waals surface area contributed by atoms with Gasteiger partial charge < -0.3 is 14.3 Å². The van der Waals surface area contributed by atoms with Crippen LogP contribution in [0.1, 0.15) is 12.6 Å². The minimum absolute atomic E-state index is 0.0476. The zero-order chi connectivity index (χ0) is 15.6.